The van der Waals surface area contributed by atoms with Crippen LogP contribution in [-0.2, 0) is 6.61 Å². The Morgan fingerprint density at radius 2 is 1.69 bits per heavy atom. The monoisotopic (exact) mass is 411 g/mol. The van der Waals surface area contributed by atoms with Crippen molar-refractivity contribution in [3.8, 4) is 11.5 Å². The average molecular weight is 411 g/mol. The van der Waals surface area contributed by atoms with Crippen molar-refractivity contribution in [1.82, 2.24) is 15.2 Å². The van der Waals surface area contributed by atoms with Crippen LogP contribution in [0, 0.1) is 0 Å². The molecule has 0 saturated carbocycles. The number of benzene rings is 1. The van der Waals surface area contributed by atoms with Crippen LogP contribution in [0.25, 0.3) is 0 Å². The van der Waals surface area contributed by atoms with E-state index in [2.05, 4.69) is 15.0 Å². The fraction of sp³-hybridized carbons (Fsp3) is 0.400. The standard InChI is InChI=1S/C20H24F3N3O3/c1-19(2,26(3)4)13-25-18(27)17-10-5-14(11-24-17)12-28-15-6-8-16(9-7-15)29-20(21,22)23/h5-11H,12-13H2,1-4H3,(H,25,27). The normalized spacial score (nSPS) is 12.0. The second kappa shape index (κ2) is 9.13. The molecule has 0 radical (unpaired) electrons. The molecule has 0 aliphatic rings. The number of aromatic nitrogens is 1. The Hall–Kier alpha value is -2.81. The van der Waals surface area contributed by atoms with E-state index in [0.717, 1.165) is 0 Å². The third kappa shape index (κ3) is 7.26. The highest BCUT2D eigenvalue weighted by Gasteiger charge is 2.31. The molecule has 1 aromatic carbocycles. The SMILES string of the molecule is CN(C)C(C)(C)CNC(=O)c1ccc(COc2ccc(OC(F)(F)F)cc2)cn1. The van der Waals surface area contributed by atoms with E-state index in [0.29, 0.717) is 17.9 Å². The van der Waals surface area contributed by atoms with Crippen LogP contribution in [0.15, 0.2) is 42.6 Å². The van der Waals surface area contributed by atoms with Gasteiger partial charge in [-0.1, -0.05) is 6.07 Å². The number of amides is 1. The first-order valence-corrected chi connectivity index (χ1v) is 8.85. The van der Waals surface area contributed by atoms with Crippen molar-refractivity contribution >= 4 is 5.91 Å². The van der Waals surface area contributed by atoms with E-state index in [1.165, 1.54) is 30.5 Å². The zero-order chi connectivity index (χ0) is 21.7. The van der Waals surface area contributed by atoms with Gasteiger partial charge in [0.2, 0.25) is 0 Å². The lowest BCUT2D eigenvalue weighted by atomic mass is 10.0. The Bertz CT molecular complexity index is 804. The van der Waals surface area contributed by atoms with Gasteiger partial charge in [0.1, 0.15) is 23.8 Å². The van der Waals surface area contributed by atoms with Gasteiger partial charge in [0, 0.05) is 23.8 Å². The van der Waals surface area contributed by atoms with Gasteiger partial charge < -0.3 is 19.7 Å². The molecular weight excluding hydrogens is 387 g/mol. The zero-order valence-corrected chi connectivity index (χ0v) is 16.7. The summed E-state index contributed by atoms with van der Waals surface area (Å²) >= 11 is 0. The maximum atomic E-state index is 12.2. The summed E-state index contributed by atoms with van der Waals surface area (Å²) in [7, 11) is 3.88. The van der Waals surface area contributed by atoms with Crippen LogP contribution in [0.1, 0.15) is 29.9 Å². The average Bonchev–Trinajstić information content (AvgIpc) is 2.64. The van der Waals surface area contributed by atoms with Crippen molar-refractivity contribution in [2.75, 3.05) is 20.6 Å². The number of nitrogens with zero attached hydrogens (tertiary/aromatic N) is 2. The minimum absolute atomic E-state index is 0.155. The van der Waals surface area contributed by atoms with Gasteiger partial charge in [-0.25, -0.2) is 0 Å². The zero-order valence-electron chi connectivity index (χ0n) is 16.7. The minimum Gasteiger partial charge on any atom is -0.489 e. The molecule has 1 amide bonds. The Labute approximate surface area is 167 Å². The highest BCUT2D eigenvalue weighted by molar-refractivity contribution is 5.92. The number of nitrogens with one attached hydrogen (secondary N) is 1. The maximum Gasteiger partial charge on any atom is 0.573 e. The third-order valence-electron chi connectivity index (χ3n) is 4.41. The van der Waals surface area contributed by atoms with E-state index in [1.807, 2.05) is 32.8 Å². The summed E-state index contributed by atoms with van der Waals surface area (Å²) in [5, 5.41) is 2.85. The Morgan fingerprint density at radius 1 is 1.07 bits per heavy atom. The quantitative estimate of drug-likeness (QED) is 0.719. The van der Waals surface area contributed by atoms with Crippen molar-refractivity contribution in [2.45, 2.75) is 32.4 Å². The van der Waals surface area contributed by atoms with Gasteiger partial charge in [-0.3, -0.25) is 9.78 Å². The van der Waals surface area contributed by atoms with Crippen molar-refractivity contribution in [2.24, 2.45) is 0 Å². The van der Waals surface area contributed by atoms with E-state index < -0.39 is 6.36 Å². The van der Waals surface area contributed by atoms with Crippen molar-refractivity contribution in [3.63, 3.8) is 0 Å². The van der Waals surface area contributed by atoms with Gasteiger partial charge in [-0.05, 0) is 58.3 Å². The van der Waals surface area contributed by atoms with Crippen molar-refractivity contribution in [3.05, 3.63) is 53.9 Å². The molecular formula is C20H24F3N3O3. The molecule has 0 unspecified atom stereocenters. The van der Waals surface area contributed by atoms with Gasteiger partial charge in [0.25, 0.3) is 5.91 Å². The first-order valence-electron chi connectivity index (χ1n) is 8.85. The molecule has 158 valence electrons. The van der Waals surface area contributed by atoms with Gasteiger partial charge in [-0.15, -0.1) is 13.2 Å². The van der Waals surface area contributed by atoms with Crippen LogP contribution in [-0.4, -0.2) is 48.3 Å². The van der Waals surface area contributed by atoms with Gasteiger partial charge in [0.15, 0.2) is 0 Å². The lowest BCUT2D eigenvalue weighted by molar-refractivity contribution is -0.274. The topological polar surface area (TPSA) is 63.7 Å². The number of carbonyl (C=O) groups excluding carboxylic acids is 1. The fourth-order valence-corrected chi connectivity index (χ4v) is 2.09. The van der Waals surface area contributed by atoms with E-state index in [-0.39, 0.29) is 29.5 Å². The van der Waals surface area contributed by atoms with E-state index in [9.17, 15) is 18.0 Å². The number of carbonyl (C=O) groups is 1. The summed E-state index contributed by atoms with van der Waals surface area (Å²) in [4.78, 5) is 18.4. The molecule has 0 spiro atoms. The number of hydrogen-bond acceptors (Lipinski definition) is 5. The number of likely N-dealkylation sites (N-methyl/N-ethyl adjacent to an activating group) is 1. The summed E-state index contributed by atoms with van der Waals surface area (Å²) in [5.74, 6) is -0.209. The molecule has 0 aliphatic carbocycles. The van der Waals surface area contributed by atoms with Crippen LogP contribution in [0.5, 0.6) is 11.5 Å². The number of pyridine rings is 1. The third-order valence-corrected chi connectivity index (χ3v) is 4.41. The van der Waals surface area contributed by atoms with Crippen LogP contribution in [0.2, 0.25) is 0 Å². The smallest absolute Gasteiger partial charge is 0.489 e. The summed E-state index contributed by atoms with van der Waals surface area (Å²) in [6, 6.07) is 8.40. The number of alkyl halides is 3. The molecule has 29 heavy (non-hydrogen) atoms. The van der Waals surface area contributed by atoms with Gasteiger partial charge in [-0.2, -0.15) is 0 Å². The first kappa shape index (κ1) is 22.5. The number of hydrogen-bond donors (Lipinski definition) is 1. The molecule has 0 atom stereocenters. The van der Waals surface area contributed by atoms with Gasteiger partial charge >= 0.3 is 6.36 Å². The number of rotatable bonds is 8. The van der Waals surface area contributed by atoms with E-state index in [4.69, 9.17) is 4.74 Å². The van der Waals surface area contributed by atoms with E-state index >= 15 is 0 Å². The Morgan fingerprint density at radius 3 is 2.21 bits per heavy atom. The molecule has 1 N–H and O–H groups in total. The Kier molecular flexibility index (Phi) is 7.07. The Balaban J connectivity index is 1.87. The lowest BCUT2D eigenvalue weighted by Crippen LogP contribution is -2.48. The van der Waals surface area contributed by atoms with Crippen LogP contribution in [0.4, 0.5) is 13.2 Å². The fourth-order valence-electron chi connectivity index (χ4n) is 2.09. The maximum absolute atomic E-state index is 12.2. The molecule has 0 saturated heterocycles. The predicted molar refractivity (Wildman–Crippen MR) is 102 cm³/mol. The summed E-state index contributed by atoms with van der Waals surface area (Å²) in [6.45, 7) is 4.66. The summed E-state index contributed by atoms with van der Waals surface area (Å²) in [5.41, 5.74) is 0.812. The molecule has 1 heterocycles. The minimum atomic E-state index is -4.73. The van der Waals surface area contributed by atoms with Crippen molar-refractivity contribution < 1.29 is 27.4 Å². The molecule has 0 bridgehead atoms. The molecule has 0 aliphatic heterocycles. The second-order valence-electron chi connectivity index (χ2n) is 7.25. The number of halogens is 3. The summed E-state index contributed by atoms with van der Waals surface area (Å²) < 4.78 is 45.8. The van der Waals surface area contributed by atoms with Crippen LogP contribution >= 0.6 is 0 Å². The molecule has 2 rings (SSSR count). The largest absolute Gasteiger partial charge is 0.573 e. The lowest BCUT2D eigenvalue weighted by Gasteiger charge is -2.32. The number of ether oxygens (including phenoxy) is 2. The predicted octanol–water partition coefficient (Wildman–Crippen LogP) is 3.63. The van der Waals surface area contributed by atoms with Crippen molar-refractivity contribution in [1.29, 1.82) is 0 Å². The second-order valence-corrected chi connectivity index (χ2v) is 7.25. The van der Waals surface area contributed by atoms with E-state index in [1.54, 1.807) is 12.1 Å². The van der Waals surface area contributed by atoms with Gasteiger partial charge in [0.05, 0.1) is 0 Å². The highest BCUT2D eigenvalue weighted by atomic mass is 19.4. The molecule has 6 nitrogen and oxygen atoms in total. The molecule has 0 fully saturated rings. The van der Waals surface area contributed by atoms with Crippen LogP contribution < -0.4 is 14.8 Å². The summed E-state index contributed by atoms with van der Waals surface area (Å²) in [6.07, 6.45) is -3.21. The first-order chi connectivity index (χ1) is 13.5. The molecule has 9 heteroatoms. The molecule has 1 aromatic heterocycles. The van der Waals surface area contributed by atoms with Crippen LogP contribution in [0.3, 0.4) is 0 Å². The highest BCUT2D eigenvalue weighted by Crippen LogP contribution is 2.25. The molecule has 2 aromatic rings.